The fourth-order valence-corrected chi connectivity index (χ4v) is 3.10. The van der Waals surface area contributed by atoms with Crippen LogP contribution in [0.25, 0.3) is 0 Å². The van der Waals surface area contributed by atoms with Gasteiger partial charge in [0.2, 0.25) is 0 Å². The van der Waals surface area contributed by atoms with E-state index in [-0.39, 0.29) is 29.4 Å². The molecule has 0 saturated heterocycles. The Morgan fingerprint density at radius 3 is 2.21 bits per heavy atom. The van der Waals surface area contributed by atoms with Gasteiger partial charge in [0.25, 0.3) is 0 Å². The first kappa shape index (κ1) is 21.8. The summed E-state index contributed by atoms with van der Waals surface area (Å²) in [4.78, 5) is 34.8. The third kappa shape index (κ3) is 6.89. The molecule has 0 aliphatic heterocycles. The molecule has 0 saturated carbocycles. The lowest BCUT2D eigenvalue weighted by Gasteiger charge is -2.09. The highest BCUT2D eigenvalue weighted by atomic mass is 32.2. The van der Waals surface area contributed by atoms with Crippen molar-refractivity contribution >= 4 is 27.7 Å². The lowest BCUT2D eigenvalue weighted by atomic mass is 10.2. The molecular weight excluding hydrogens is 400 g/mol. The van der Waals surface area contributed by atoms with Crippen LogP contribution in [0.2, 0.25) is 0 Å². The van der Waals surface area contributed by atoms with Crippen LogP contribution in [-0.4, -0.2) is 39.5 Å². The second kappa shape index (κ2) is 10.2. The van der Waals surface area contributed by atoms with Crippen molar-refractivity contribution in [2.75, 3.05) is 13.2 Å². The van der Waals surface area contributed by atoms with Crippen LogP contribution in [-0.2, 0) is 28.9 Å². The summed E-state index contributed by atoms with van der Waals surface area (Å²) in [5.74, 6) is -2.20. The van der Waals surface area contributed by atoms with Crippen LogP contribution in [0.1, 0.15) is 17.3 Å². The number of rotatable bonds is 8. The number of hydrogen-bond acceptors (Lipinski definition) is 8. The normalized spacial score (nSPS) is 11.1. The molecule has 2 aromatic carbocycles. The molecule has 0 aromatic heterocycles. The van der Waals surface area contributed by atoms with Gasteiger partial charge in [-0.05, 0) is 24.3 Å². The maximum atomic E-state index is 12.1. The predicted octanol–water partition coefficient (Wildman–Crippen LogP) is 2.30. The highest BCUT2D eigenvalue weighted by Gasteiger charge is 2.15. The zero-order valence-electron chi connectivity index (χ0n) is 15.4. The number of carbonyl (C=O) groups excluding carboxylic acids is 3. The fourth-order valence-electron chi connectivity index (χ4n) is 2.12. The van der Waals surface area contributed by atoms with Crippen LogP contribution >= 0.6 is 0 Å². The molecule has 0 heterocycles. The summed E-state index contributed by atoms with van der Waals surface area (Å²) in [7, 11) is -3.76. The van der Waals surface area contributed by atoms with Crippen molar-refractivity contribution in [3.8, 4) is 5.75 Å². The van der Waals surface area contributed by atoms with Gasteiger partial charge >= 0.3 is 17.9 Å². The maximum Gasteiger partial charge on any atom is 0.342 e. The summed E-state index contributed by atoms with van der Waals surface area (Å²) in [5, 5.41) is 0.742. The zero-order valence-corrected chi connectivity index (χ0v) is 16.3. The van der Waals surface area contributed by atoms with E-state index in [1.54, 1.807) is 30.3 Å². The monoisotopic (exact) mass is 418 g/mol. The van der Waals surface area contributed by atoms with Gasteiger partial charge in [0, 0.05) is 18.4 Å². The van der Waals surface area contributed by atoms with Crippen LogP contribution in [0, 0.1) is 0 Å². The minimum absolute atomic E-state index is 0.0443. The third-order valence-corrected chi connectivity index (χ3v) is 4.80. The van der Waals surface area contributed by atoms with Gasteiger partial charge in [-0.25, -0.2) is 18.0 Å². The van der Waals surface area contributed by atoms with Crippen molar-refractivity contribution in [1.82, 2.24) is 0 Å². The summed E-state index contributed by atoms with van der Waals surface area (Å²) in [5.41, 5.74) is 0.0443. The summed E-state index contributed by atoms with van der Waals surface area (Å²) in [6, 6.07) is 13.6. The molecule has 0 unspecified atom stereocenters. The Bertz CT molecular complexity index is 1010. The average Bonchev–Trinajstić information content (AvgIpc) is 2.70. The Labute approximate surface area is 167 Å². The molecule has 0 fully saturated rings. The van der Waals surface area contributed by atoms with E-state index in [9.17, 15) is 22.8 Å². The Kier molecular flexibility index (Phi) is 7.67. The van der Waals surface area contributed by atoms with Crippen molar-refractivity contribution in [1.29, 1.82) is 0 Å². The molecule has 2 rings (SSSR count). The maximum absolute atomic E-state index is 12.1. The summed E-state index contributed by atoms with van der Waals surface area (Å²) in [6.45, 7) is 0.654. The number of hydrogen-bond donors (Lipinski definition) is 0. The van der Waals surface area contributed by atoms with Gasteiger partial charge in [0.15, 0.2) is 9.84 Å². The number of sulfone groups is 1. The van der Waals surface area contributed by atoms with Gasteiger partial charge < -0.3 is 14.2 Å². The minimum Gasteiger partial charge on any atom is -0.459 e. The number of para-hydroxylation sites is 1. The average molecular weight is 418 g/mol. The molecule has 0 spiro atoms. The molecule has 0 amide bonds. The SMILES string of the molecule is CC(=O)Oc1ccccc1C(=O)OCCOC(=O)/C=C/S(=O)(=O)c1ccccc1. The van der Waals surface area contributed by atoms with Crippen molar-refractivity contribution < 1.29 is 37.0 Å². The van der Waals surface area contributed by atoms with Gasteiger partial charge in [-0.1, -0.05) is 30.3 Å². The van der Waals surface area contributed by atoms with Crippen LogP contribution in [0.3, 0.4) is 0 Å². The van der Waals surface area contributed by atoms with Crippen LogP contribution in [0.5, 0.6) is 5.75 Å². The van der Waals surface area contributed by atoms with E-state index in [0.717, 1.165) is 11.5 Å². The standard InChI is InChI=1S/C20H18O8S/c1-15(21)28-18-10-6-5-9-17(18)20(23)27-13-12-26-19(22)11-14-29(24,25)16-7-3-2-4-8-16/h2-11,14H,12-13H2,1H3/b14-11+. The van der Waals surface area contributed by atoms with Gasteiger partial charge in [-0.3, -0.25) is 4.79 Å². The van der Waals surface area contributed by atoms with Crippen molar-refractivity contribution in [3.63, 3.8) is 0 Å². The molecular formula is C20H18O8S. The molecule has 0 aliphatic rings. The number of benzene rings is 2. The van der Waals surface area contributed by atoms with Gasteiger partial charge in [-0.2, -0.15) is 0 Å². The lowest BCUT2D eigenvalue weighted by molar-refractivity contribution is -0.139. The van der Waals surface area contributed by atoms with Gasteiger partial charge in [0.05, 0.1) is 4.90 Å². The topological polar surface area (TPSA) is 113 Å². The predicted molar refractivity (Wildman–Crippen MR) is 102 cm³/mol. The second-order valence-electron chi connectivity index (χ2n) is 5.55. The molecule has 9 heteroatoms. The highest BCUT2D eigenvalue weighted by Crippen LogP contribution is 2.19. The van der Waals surface area contributed by atoms with Crippen LogP contribution in [0.15, 0.2) is 71.0 Å². The Morgan fingerprint density at radius 2 is 1.52 bits per heavy atom. The molecule has 29 heavy (non-hydrogen) atoms. The molecule has 0 aliphatic carbocycles. The first-order valence-electron chi connectivity index (χ1n) is 8.39. The van der Waals surface area contributed by atoms with Crippen molar-refractivity contribution in [2.24, 2.45) is 0 Å². The van der Waals surface area contributed by atoms with E-state index in [2.05, 4.69) is 0 Å². The smallest absolute Gasteiger partial charge is 0.342 e. The highest BCUT2D eigenvalue weighted by molar-refractivity contribution is 7.94. The quantitative estimate of drug-likeness (QED) is 0.278. The molecule has 0 atom stereocenters. The molecule has 0 N–H and O–H groups in total. The lowest BCUT2D eigenvalue weighted by Crippen LogP contribution is -2.14. The van der Waals surface area contributed by atoms with Gasteiger partial charge in [-0.15, -0.1) is 0 Å². The Hall–Kier alpha value is -3.46. The molecule has 152 valence electrons. The Morgan fingerprint density at radius 1 is 0.897 bits per heavy atom. The second-order valence-corrected chi connectivity index (χ2v) is 7.39. The van der Waals surface area contributed by atoms with E-state index < -0.39 is 27.7 Å². The van der Waals surface area contributed by atoms with E-state index in [4.69, 9.17) is 14.2 Å². The summed E-state index contributed by atoms with van der Waals surface area (Å²) >= 11 is 0. The van der Waals surface area contributed by atoms with Crippen molar-refractivity contribution in [3.05, 3.63) is 71.6 Å². The molecule has 8 nitrogen and oxygen atoms in total. The number of ether oxygens (including phenoxy) is 3. The first-order valence-corrected chi connectivity index (χ1v) is 9.94. The van der Waals surface area contributed by atoms with Crippen molar-refractivity contribution in [2.45, 2.75) is 11.8 Å². The summed E-state index contributed by atoms with van der Waals surface area (Å²) in [6.07, 6.45) is 0.778. The van der Waals surface area contributed by atoms with Crippen LogP contribution < -0.4 is 4.74 Å². The minimum atomic E-state index is -3.76. The van der Waals surface area contributed by atoms with E-state index in [1.807, 2.05) is 0 Å². The van der Waals surface area contributed by atoms with E-state index in [1.165, 1.54) is 31.2 Å². The molecule has 0 bridgehead atoms. The van der Waals surface area contributed by atoms with Gasteiger partial charge in [0.1, 0.15) is 24.5 Å². The zero-order chi connectivity index (χ0) is 21.3. The molecule has 0 radical (unpaired) electrons. The van der Waals surface area contributed by atoms with Crippen LogP contribution in [0.4, 0.5) is 0 Å². The largest absolute Gasteiger partial charge is 0.459 e. The Balaban J connectivity index is 1.83. The number of carbonyl (C=O) groups is 3. The van der Waals surface area contributed by atoms with E-state index >= 15 is 0 Å². The van der Waals surface area contributed by atoms with E-state index in [0.29, 0.717) is 0 Å². The molecule has 2 aromatic rings. The third-order valence-electron chi connectivity index (χ3n) is 3.38. The fraction of sp³-hybridized carbons (Fsp3) is 0.150. The summed E-state index contributed by atoms with van der Waals surface area (Å²) < 4.78 is 38.7. The number of esters is 3. The first-order chi connectivity index (χ1) is 13.8.